The molecule has 0 radical (unpaired) electrons. The van der Waals surface area contributed by atoms with E-state index >= 15 is 0 Å². The number of nitrogens with zero attached hydrogens (tertiary/aromatic N) is 1. The second-order valence-electron chi connectivity index (χ2n) is 3.95. The molecule has 3 rings (SSSR count). The van der Waals surface area contributed by atoms with Gasteiger partial charge in [0.15, 0.2) is 15.9 Å². The SMILES string of the molecule is NN1C(=O)C(=C2C(=O)c3ccccc3C2=O)SC1=S. The number of fused-ring (bicyclic) bond motifs is 1. The maximum atomic E-state index is 12.2. The Morgan fingerprint density at radius 1 is 1.05 bits per heavy atom. The van der Waals surface area contributed by atoms with Gasteiger partial charge in [-0.25, -0.2) is 10.9 Å². The van der Waals surface area contributed by atoms with E-state index in [1.165, 1.54) is 0 Å². The molecule has 2 N–H and O–H groups in total. The average Bonchev–Trinajstić information content (AvgIpc) is 2.80. The van der Waals surface area contributed by atoms with Crippen molar-refractivity contribution in [3.63, 3.8) is 0 Å². The molecule has 7 heteroatoms. The van der Waals surface area contributed by atoms with E-state index in [9.17, 15) is 14.4 Å². The normalized spacial score (nSPS) is 18.7. The van der Waals surface area contributed by atoms with Gasteiger partial charge in [-0.2, -0.15) is 0 Å². The summed E-state index contributed by atoms with van der Waals surface area (Å²) < 4.78 is 0.129. The van der Waals surface area contributed by atoms with Gasteiger partial charge in [-0.1, -0.05) is 48.2 Å². The molecule has 0 saturated carbocycles. The number of allylic oxidation sites excluding steroid dienone is 1. The summed E-state index contributed by atoms with van der Waals surface area (Å²) in [6, 6.07) is 6.46. The van der Waals surface area contributed by atoms with Crippen LogP contribution in [0, 0.1) is 0 Å². The van der Waals surface area contributed by atoms with Crippen molar-refractivity contribution < 1.29 is 14.4 Å². The molecule has 1 aliphatic carbocycles. The highest BCUT2D eigenvalue weighted by atomic mass is 32.2. The van der Waals surface area contributed by atoms with Crippen LogP contribution in [0.3, 0.4) is 0 Å². The minimum atomic E-state index is -0.612. The summed E-state index contributed by atoms with van der Waals surface area (Å²) in [7, 11) is 0. The highest BCUT2D eigenvalue weighted by molar-refractivity contribution is 8.26. The number of hydrogen-bond donors (Lipinski definition) is 1. The summed E-state index contributed by atoms with van der Waals surface area (Å²) in [4.78, 5) is 36.3. The lowest BCUT2D eigenvalue weighted by Gasteiger charge is -2.03. The minimum absolute atomic E-state index is 0.0127. The van der Waals surface area contributed by atoms with Crippen molar-refractivity contribution in [3.8, 4) is 0 Å². The fourth-order valence-corrected chi connectivity index (χ4v) is 3.15. The minimum Gasteiger partial charge on any atom is -0.288 e. The standard InChI is InChI=1S/C12H6N2O3S2/c13-14-11(17)10(19-12(14)18)7-8(15)5-3-1-2-4-6(5)9(7)16/h1-4H,13H2. The Labute approximate surface area is 117 Å². The van der Waals surface area contributed by atoms with E-state index in [1.54, 1.807) is 24.3 Å². The van der Waals surface area contributed by atoms with Gasteiger partial charge in [0, 0.05) is 11.1 Å². The van der Waals surface area contributed by atoms with Gasteiger partial charge in [0.05, 0.1) is 10.5 Å². The number of amides is 1. The molecule has 1 aliphatic heterocycles. The quantitative estimate of drug-likeness (QED) is 0.253. The van der Waals surface area contributed by atoms with Crippen LogP contribution in [0.25, 0.3) is 0 Å². The van der Waals surface area contributed by atoms with E-state index < -0.39 is 17.5 Å². The van der Waals surface area contributed by atoms with Crippen LogP contribution in [-0.4, -0.2) is 26.8 Å². The van der Waals surface area contributed by atoms with Gasteiger partial charge < -0.3 is 0 Å². The molecule has 0 spiro atoms. The van der Waals surface area contributed by atoms with E-state index in [0.717, 1.165) is 16.8 Å². The third kappa shape index (κ3) is 1.59. The van der Waals surface area contributed by atoms with Crippen LogP contribution >= 0.6 is 24.0 Å². The van der Waals surface area contributed by atoms with Crippen LogP contribution in [0.4, 0.5) is 0 Å². The zero-order valence-corrected chi connectivity index (χ0v) is 11.0. The molecule has 1 fully saturated rings. The number of rotatable bonds is 0. The van der Waals surface area contributed by atoms with Gasteiger partial charge in [-0.05, 0) is 0 Å². The highest BCUT2D eigenvalue weighted by Gasteiger charge is 2.42. The second-order valence-corrected chi connectivity index (χ2v) is 5.60. The zero-order valence-electron chi connectivity index (χ0n) is 9.38. The Balaban J connectivity index is 2.20. The molecule has 1 saturated heterocycles. The predicted octanol–water partition coefficient (Wildman–Crippen LogP) is 1.05. The van der Waals surface area contributed by atoms with E-state index in [-0.39, 0.29) is 14.8 Å². The molecule has 1 aromatic rings. The summed E-state index contributed by atoms with van der Waals surface area (Å²) in [5.74, 6) is 3.93. The third-order valence-electron chi connectivity index (χ3n) is 2.90. The molecule has 0 atom stereocenters. The predicted molar refractivity (Wildman–Crippen MR) is 73.4 cm³/mol. The highest BCUT2D eigenvalue weighted by Crippen LogP contribution is 2.37. The van der Waals surface area contributed by atoms with Gasteiger partial charge in [0.25, 0.3) is 5.91 Å². The van der Waals surface area contributed by atoms with Crippen molar-refractivity contribution in [1.29, 1.82) is 0 Å². The monoisotopic (exact) mass is 290 g/mol. The Morgan fingerprint density at radius 2 is 1.58 bits per heavy atom. The number of carbonyl (C=O) groups is 3. The Kier molecular flexibility index (Phi) is 2.63. The number of nitrogens with two attached hydrogens (primary N) is 1. The fourth-order valence-electron chi connectivity index (χ4n) is 1.99. The lowest BCUT2D eigenvalue weighted by Crippen LogP contribution is -2.35. The van der Waals surface area contributed by atoms with Gasteiger partial charge in [-0.15, -0.1) is 0 Å². The van der Waals surface area contributed by atoms with Gasteiger partial charge in [0.1, 0.15) is 0 Å². The first-order valence-corrected chi connectivity index (χ1v) is 6.48. The van der Waals surface area contributed by atoms with Crippen LogP contribution in [0.15, 0.2) is 34.7 Å². The molecule has 0 bridgehead atoms. The van der Waals surface area contributed by atoms with E-state index in [2.05, 4.69) is 0 Å². The number of carbonyl (C=O) groups excluding carboxylic acids is 3. The summed E-state index contributed by atoms with van der Waals surface area (Å²) in [6.07, 6.45) is 0. The van der Waals surface area contributed by atoms with Gasteiger partial charge >= 0.3 is 0 Å². The molecule has 19 heavy (non-hydrogen) atoms. The molecule has 0 aromatic heterocycles. The fraction of sp³-hybridized carbons (Fsp3) is 0. The molecular formula is C12H6N2O3S2. The first-order chi connectivity index (χ1) is 9.02. The molecular weight excluding hydrogens is 284 g/mol. The maximum Gasteiger partial charge on any atom is 0.281 e. The number of thioether (sulfide) groups is 1. The number of hydrazine groups is 1. The second kappa shape index (κ2) is 4.09. The first-order valence-electron chi connectivity index (χ1n) is 5.26. The third-order valence-corrected chi connectivity index (χ3v) is 4.30. The van der Waals surface area contributed by atoms with Crippen molar-refractivity contribution in [2.45, 2.75) is 0 Å². The number of Topliss-reactive ketones (excluding diaryl/α,β-unsaturated/α-hetero) is 2. The molecule has 1 amide bonds. The number of ketones is 2. The van der Waals surface area contributed by atoms with Gasteiger partial charge in [-0.3, -0.25) is 14.4 Å². The Morgan fingerprint density at radius 3 is 2.00 bits per heavy atom. The summed E-state index contributed by atoms with van der Waals surface area (Å²) in [5.41, 5.74) is 0.487. The molecule has 5 nitrogen and oxygen atoms in total. The largest absolute Gasteiger partial charge is 0.288 e. The summed E-state index contributed by atoms with van der Waals surface area (Å²) >= 11 is 5.76. The van der Waals surface area contributed by atoms with Crippen LogP contribution in [0.5, 0.6) is 0 Å². The Bertz CT molecular complexity index is 672. The van der Waals surface area contributed by atoms with E-state index in [4.69, 9.17) is 18.1 Å². The molecule has 2 aliphatic rings. The van der Waals surface area contributed by atoms with Crippen molar-refractivity contribution in [2.24, 2.45) is 5.84 Å². The average molecular weight is 290 g/mol. The van der Waals surface area contributed by atoms with E-state index in [0.29, 0.717) is 11.1 Å². The van der Waals surface area contributed by atoms with Crippen LogP contribution in [0.2, 0.25) is 0 Å². The van der Waals surface area contributed by atoms with Crippen LogP contribution in [0.1, 0.15) is 20.7 Å². The van der Waals surface area contributed by atoms with Gasteiger partial charge in [0.2, 0.25) is 0 Å². The lowest BCUT2D eigenvalue weighted by molar-refractivity contribution is -0.122. The molecule has 1 heterocycles. The summed E-state index contributed by atoms with van der Waals surface area (Å²) in [6.45, 7) is 0. The zero-order chi connectivity index (χ0) is 13.7. The smallest absolute Gasteiger partial charge is 0.281 e. The number of hydrogen-bond acceptors (Lipinski definition) is 6. The lowest BCUT2D eigenvalue weighted by atomic mass is 10.1. The van der Waals surface area contributed by atoms with Crippen LogP contribution < -0.4 is 5.84 Å². The topological polar surface area (TPSA) is 80.5 Å². The van der Waals surface area contributed by atoms with Crippen molar-refractivity contribution >= 4 is 45.8 Å². The number of benzene rings is 1. The number of thiocarbonyl (C=S) groups is 1. The molecule has 1 aromatic carbocycles. The van der Waals surface area contributed by atoms with Crippen LogP contribution in [-0.2, 0) is 4.79 Å². The van der Waals surface area contributed by atoms with Crippen molar-refractivity contribution in [2.75, 3.05) is 0 Å². The van der Waals surface area contributed by atoms with Crippen molar-refractivity contribution in [3.05, 3.63) is 45.9 Å². The molecule has 0 unspecified atom stereocenters. The van der Waals surface area contributed by atoms with Crippen molar-refractivity contribution in [1.82, 2.24) is 5.01 Å². The van der Waals surface area contributed by atoms with E-state index in [1.807, 2.05) is 0 Å². The molecule has 94 valence electrons. The maximum absolute atomic E-state index is 12.2. The summed E-state index contributed by atoms with van der Waals surface area (Å²) in [5, 5.41) is 0.770. The Hall–Kier alpha value is -1.83. The first kappa shape index (κ1) is 12.2.